The van der Waals surface area contributed by atoms with Crippen LogP contribution in [-0.4, -0.2) is 31.1 Å². The average molecular weight is 334 g/mol. The van der Waals surface area contributed by atoms with Crippen molar-refractivity contribution in [3.05, 3.63) is 22.4 Å². The van der Waals surface area contributed by atoms with Crippen molar-refractivity contribution in [2.24, 2.45) is 5.14 Å². The van der Waals surface area contributed by atoms with E-state index in [1.165, 1.54) is 4.90 Å². The predicted molar refractivity (Wildman–Crippen MR) is 70.5 cm³/mol. The van der Waals surface area contributed by atoms with Gasteiger partial charge in [0.2, 0.25) is 15.9 Å². The molecule has 0 spiro atoms. The molecule has 0 aromatic carbocycles. The van der Waals surface area contributed by atoms with Gasteiger partial charge in [-0.1, -0.05) is 0 Å². The van der Waals surface area contributed by atoms with E-state index < -0.39 is 15.3 Å². The molecule has 0 saturated carbocycles. The van der Waals surface area contributed by atoms with Gasteiger partial charge in [0.1, 0.15) is 9.85 Å². The van der Waals surface area contributed by atoms with Gasteiger partial charge in [-0.2, -0.15) is 0 Å². The van der Waals surface area contributed by atoms with E-state index in [4.69, 9.17) is 5.14 Å². The second-order valence-electron chi connectivity index (χ2n) is 4.18. The van der Waals surface area contributed by atoms with Crippen LogP contribution in [0.4, 0.5) is 5.69 Å². The first-order valence-electron chi connectivity index (χ1n) is 5.24. The number of pyridine rings is 1. The number of hydrogen-bond donors (Lipinski definition) is 1. The number of nitrogens with two attached hydrogens (primary N) is 1. The molecule has 2 heterocycles. The number of hydrogen-bond acceptors (Lipinski definition) is 4. The van der Waals surface area contributed by atoms with Crippen LogP contribution in [0.5, 0.6) is 0 Å². The van der Waals surface area contributed by atoms with Crippen LogP contribution in [0, 0.1) is 6.92 Å². The van der Waals surface area contributed by atoms with Crippen LogP contribution in [0.2, 0.25) is 0 Å². The standard InChI is InChI=1S/C10H12BrN3O3S/c1-6-2-3-8(10(11)13-6)14-5-7(4-9(14)15)18(12,16)17/h2-3,7H,4-5H2,1H3,(H2,12,16,17). The van der Waals surface area contributed by atoms with Crippen molar-refractivity contribution in [1.82, 2.24) is 4.98 Å². The fraction of sp³-hybridized carbons (Fsp3) is 0.400. The van der Waals surface area contributed by atoms with E-state index in [9.17, 15) is 13.2 Å². The molecule has 1 aromatic heterocycles. The molecule has 1 aromatic rings. The lowest BCUT2D eigenvalue weighted by Crippen LogP contribution is -2.32. The highest BCUT2D eigenvalue weighted by Crippen LogP contribution is 2.29. The third-order valence-corrected chi connectivity index (χ3v) is 4.64. The smallest absolute Gasteiger partial charge is 0.228 e. The molecule has 1 amide bonds. The fourth-order valence-corrected chi connectivity index (χ4v) is 3.20. The Morgan fingerprint density at radius 2 is 2.17 bits per heavy atom. The first kappa shape index (κ1) is 13.4. The summed E-state index contributed by atoms with van der Waals surface area (Å²) < 4.78 is 23.1. The zero-order chi connectivity index (χ0) is 13.5. The minimum Gasteiger partial charge on any atom is -0.308 e. The van der Waals surface area contributed by atoms with Crippen molar-refractivity contribution in [3.63, 3.8) is 0 Å². The van der Waals surface area contributed by atoms with Crippen LogP contribution in [0.3, 0.4) is 0 Å². The maximum atomic E-state index is 11.8. The van der Waals surface area contributed by atoms with Gasteiger partial charge in [-0.05, 0) is 35.0 Å². The molecule has 8 heteroatoms. The van der Waals surface area contributed by atoms with Crippen LogP contribution in [-0.2, 0) is 14.8 Å². The summed E-state index contributed by atoms with van der Waals surface area (Å²) in [6, 6.07) is 3.49. The fourth-order valence-electron chi connectivity index (χ4n) is 1.85. The molecule has 1 saturated heterocycles. The first-order chi connectivity index (χ1) is 8.29. The van der Waals surface area contributed by atoms with Gasteiger partial charge in [-0.25, -0.2) is 18.5 Å². The van der Waals surface area contributed by atoms with Gasteiger partial charge in [0.15, 0.2) is 0 Å². The summed E-state index contributed by atoms with van der Waals surface area (Å²) in [5.74, 6) is -0.264. The van der Waals surface area contributed by atoms with Crippen molar-refractivity contribution < 1.29 is 13.2 Å². The van der Waals surface area contributed by atoms with Crippen LogP contribution in [0.25, 0.3) is 0 Å². The van der Waals surface area contributed by atoms with E-state index in [1.54, 1.807) is 12.1 Å². The van der Waals surface area contributed by atoms with E-state index in [0.717, 1.165) is 5.69 Å². The number of rotatable bonds is 2. The number of sulfonamides is 1. The number of anilines is 1. The Balaban J connectivity index is 2.33. The van der Waals surface area contributed by atoms with Crippen LogP contribution >= 0.6 is 15.9 Å². The Morgan fingerprint density at radius 3 is 2.67 bits per heavy atom. The number of amides is 1. The molecular weight excluding hydrogens is 322 g/mol. The molecule has 98 valence electrons. The van der Waals surface area contributed by atoms with Crippen LogP contribution < -0.4 is 10.0 Å². The van der Waals surface area contributed by atoms with Crippen molar-refractivity contribution in [1.29, 1.82) is 0 Å². The monoisotopic (exact) mass is 333 g/mol. The average Bonchev–Trinajstić information content (AvgIpc) is 2.60. The first-order valence-corrected chi connectivity index (χ1v) is 7.64. The molecule has 0 bridgehead atoms. The highest BCUT2D eigenvalue weighted by molar-refractivity contribution is 9.10. The molecule has 6 nitrogen and oxygen atoms in total. The third-order valence-electron chi connectivity index (χ3n) is 2.81. The maximum Gasteiger partial charge on any atom is 0.228 e. The summed E-state index contributed by atoms with van der Waals surface area (Å²) in [4.78, 5) is 17.4. The number of halogens is 1. The molecule has 0 radical (unpaired) electrons. The normalized spacial score (nSPS) is 20.5. The van der Waals surface area contributed by atoms with Crippen LogP contribution in [0.15, 0.2) is 16.7 Å². The van der Waals surface area contributed by atoms with Gasteiger partial charge in [0, 0.05) is 18.7 Å². The highest BCUT2D eigenvalue weighted by atomic mass is 79.9. The molecule has 1 aliphatic heterocycles. The third kappa shape index (κ3) is 2.55. The predicted octanol–water partition coefficient (Wildman–Crippen LogP) is 0.546. The van der Waals surface area contributed by atoms with E-state index in [-0.39, 0.29) is 18.9 Å². The molecule has 0 aliphatic carbocycles. The summed E-state index contributed by atoms with van der Waals surface area (Å²) in [6.07, 6.45) is -0.0842. The minimum absolute atomic E-state index is 0.0704. The maximum absolute atomic E-state index is 11.8. The Bertz CT molecular complexity index is 602. The Hall–Kier alpha value is -0.990. The lowest BCUT2D eigenvalue weighted by Gasteiger charge is -2.17. The van der Waals surface area contributed by atoms with Gasteiger partial charge in [-0.3, -0.25) is 4.79 Å². The molecule has 1 atom stereocenters. The number of aryl methyl sites for hydroxylation is 1. The van der Waals surface area contributed by atoms with E-state index >= 15 is 0 Å². The second kappa shape index (κ2) is 4.60. The van der Waals surface area contributed by atoms with Crippen molar-refractivity contribution in [3.8, 4) is 0 Å². The molecule has 2 N–H and O–H groups in total. The number of carbonyl (C=O) groups is 1. The number of aromatic nitrogens is 1. The van der Waals surface area contributed by atoms with E-state index in [1.807, 2.05) is 6.92 Å². The largest absolute Gasteiger partial charge is 0.308 e. The number of primary sulfonamides is 1. The Labute approximate surface area is 113 Å². The van der Waals surface area contributed by atoms with Gasteiger partial charge < -0.3 is 4.90 Å². The van der Waals surface area contributed by atoms with E-state index in [2.05, 4.69) is 20.9 Å². The van der Waals surface area contributed by atoms with Gasteiger partial charge >= 0.3 is 0 Å². The Kier molecular flexibility index (Phi) is 3.43. The summed E-state index contributed by atoms with van der Waals surface area (Å²) in [6.45, 7) is 1.90. The topological polar surface area (TPSA) is 93.4 Å². The van der Waals surface area contributed by atoms with Gasteiger partial charge in [0.25, 0.3) is 0 Å². The Morgan fingerprint density at radius 1 is 1.50 bits per heavy atom. The van der Waals surface area contributed by atoms with Crippen molar-refractivity contribution in [2.75, 3.05) is 11.4 Å². The number of carbonyl (C=O) groups excluding carboxylic acids is 1. The molecule has 2 rings (SSSR count). The quantitative estimate of drug-likeness (QED) is 0.799. The van der Waals surface area contributed by atoms with Gasteiger partial charge in [-0.15, -0.1) is 0 Å². The van der Waals surface area contributed by atoms with Crippen molar-refractivity contribution in [2.45, 2.75) is 18.6 Å². The van der Waals surface area contributed by atoms with Crippen LogP contribution in [0.1, 0.15) is 12.1 Å². The van der Waals surface area contributed by atoms with Crippen molar-refractivity contribution >= 4 is 37.5 Å². The molecule has 18 heavy (non-hydrogen) atoms. The SMILES string of the molecule is Cc1ccc(N2CC(S(N)(=O)=O)CC2=O)c(Br)n1. The molecule has 1 fully saturated rings. The molecular formula is C10H12BrN3O3S. The van der Waals surface area contributed by atoms with Gasteiger partial charge in [0.05, 0.1) is 5.69 Å². The summed E-state index contributed by atoms with van der Waals surface area (Å²) in [7, 11) is -3.70. The molecule has 1 aliphatic rings. The zero-order valence-electron chi connectivity index (χ0n) is 9.63. The summed E-state index contributed by atoms with van der Waals surface area (Å²) >= 11 is 3.27. The van der Waals surface area contributed by atoms with E-state index in [0.29, 0.717) is 10.3 Å². The lowest BCUT2D eigenvalue weighted by molar-refractivity contribution is -0.117. The summed E-state index contributed by atoms with van der Waals surface area (Å²) in [5, 5.41) is 4.22. The second-order valence-corrected chi connectivity index (χ2v) is 6.78. The number of nitrogens with zero attached hydrogens (tertiary/aromatic N) is 2. The molecule has 1 unspecified atom stereocenters. The highest BCUT2D eigenvalue weighted by Gasteiger charge is 2.37. The lowest BCUT2D eigenvalue weighted by atomic mass is 10.3. The summed E-state index contributed by atoms with van der Waals surface area (Å²) in [5.41, 5.74) is 1.37. The minimum atomic E-state index is -3.70. The zero-order valence-corrected chi connectivity index (χ0v) is 12.0.